The first kappa shape index (κ1) is 12.8. The van der Waals surface area contributed by atoms with Gasteiger partial charge in [-0.2, -0.15) is 0 Å². The van der Waals surface area contributed by atoms with Gasteiger partial charge in [0.1, 0.15) is 17.6 Å². The van der Waals surface area contributed by atoms with Gasteiger partial charge in [0, 0.05) is 11.1 Å². The number of nitrogens with one attached hydrogen (secondary N) is 1. The molecule has 0 radical (unpaired) electrons. The number of aromatic nitrogens is 1. The Hall–Kier alpha value is -2.17. The molecule has 0 fully saturated rings. The average molecular weight is 267 g/mol. The molecule has 4 heteroatoms. The van der Waals surface area contributed by atoms with Crippen molar-refractivity contribution >= 4 is 10.9 Å². The minimum atomic E-state index is -0.158. The van der Waals surface area contributed by atoms with Crippen molar-refractivity contribution in [2.45, 2.75) is 19.9 Å². The van der Waals surface area contributed by atoms with E-state index in [4.69, 9.17) is 10.3 Å². The van der Waals surface area contributed by atoms with Crippen LogP contribution in [0.1, 0.15) is 28.8 Å². The lowest BCUT2D eigenvalue weighted by atomic mass is 10.0. The van der Waals surface area contributed by atoms with E-state index in [0.29, 0.717) is 0 Å². The van der Waals surface area contributed by atoms with E-state index in [-0.39, 0.29) is 6.04 Å². The fourth-order valence-electron chi connectivity index (χ4n) is 2.38. The number of pyridine rings is 1. The molecule has 0 aliphatic heterocycles. The van der Waals surface area contributed by atoms with Crippen LogP contribution in [0.25, 0.3) is 10.9 Å². The monoisotopic (exact) mass is 267 g/mol. The smallest absolute Gasteiger partial charge is 0.126 e. The number of aryl methyl sites for hydroxylation is 2. The van der Waals surface area contributed by atoms with Gasteiger partial charge in [0.25, 0.3) is 0 Å². The molecule has 0 spiro atoms. The Balaban J connectivity index is 2.05. The molecule has 3 rings (SSSR count). The molecule has 0 saturated carbocycles. The van der Waals surface area contributed by atoms with Crippen LogP contribution < -0.4 is 11.3 Å². The van der Waals surface area contributed by atoms with Gasteiger partial charge in [-0.1, -0.05) is 12.1 Å². The molecule has 20 heavy (non-hydrogen) atoms. The van der Waals surface area contributed by atoms with E-state index in [2.05, 4.69) is 22.5 Å². The minimum Gasteiger partial charge on any atom is -0.464 e. The Labute approximate surface area is 117 Å². The number of furan rings is 1. The molecule has 2 aromatic heterocycles. The van der Waals surface area contributed by atoms with Crippen LogP contribution in [-0.2, 0) is 0 Å². The van der Waals surface area contributed by atoms with Crippen LogP contribution in [0, 0.1) is 13.8 Å². The van der Waals surface area contributed by atoms with Gasteiger partial charge in [-0.3, -0.25) is 10.8 Å². The quantitative estimate of drug-likeness (QED) is 0.565. The number of benzene rings is 1. The summed E-state index contributed by atoms with van der Waals surface area (Å²) in [5.41, 5.74) is 5.87. The maximum Gasteiger partial charge on any atom is 0.126 e. The van der Waals surface area contributed by atoms with Crippen molar-refractivity contribution in [1.82, 2.24) is 10.4 Å². The van der Waals surface area contributed by atoms with Crippen LogP contribution in [0.2, 0.25) is 0 Å². The zero-order valence-electron chi connectivity index (χ0n) is 11.6. The molecule has 0 amide bonds. The second-order valence-electron chi connectivity index (χ2n) is 4.95. The van der Waals surface area contributed by atoms with Crippen LogP contribution in [0.3, 0.4) is 0 Å². The zero-order valence-corrected chi connectivity index (χ0v) is 11.6. The summed E-state index contributed by atoms with van der Waals surface area (Å²) in [5.74, 6) is 7.37. The fraction of sp³-hybridized carbons (Fsp3) is 0.188. The molecule has 2 heterocycles. The molecule has 0 aliphatic rings. The molecular formula is C16H17N3O. The maximum absolute atomic E-state index is 5.69. The van der Waals surface area contributed by atoms with Crippen molar-refractivity contribution in [2.24, 2.45) is 5.84 Å². The maximum atomic E-state index is 5.69. The van der Waals surface area contributed by atoms with Crippen LogP contribution in [0.5, 0.6) is 0 Å². The van der Waals surface area contributed by atoms with Gasteiger partial charge in [-0.25, -0.2) is 5.43 Å². The highest BCUT2D eigenvalue weighted by atomic mass is 16.3. The fourth-order valence-corrected chi connectivity index (χ4v) is 2.38. The molecule has 3 N–H and O–H groups in total. The van der Waals surface area contributed by atoms with Crippen LogP contribution in [0.15, 0.2) is 46.9 Å². The average Bonchev–Trinajstić information content (AvgIpc) is 2.86. The van der Waals surface area contributed by atoms with E-state index < -0.39 is 0 Å². The third kappa shape index (κ3) is 2.31. The van der Waals surface area contributed by atoms with Gasteiger partial charge >= 0.3 is 0 Å². The summed E-state index contributed by atoms with van der Waals surface area (Å²) in [4.78, 5) is 4.50. The largest absolute Gasteiger partial charge is 0.464 e. The number of nitrogens with two attached hydrogens (primary N) is 1. The first-order valence-corrected chi connectivity index (χ1v) is 6.57. The number of fused-ring (bicyclic) bond motifs is 1. The molecule has 0 bridgehead atoms. The van der Waals surface area contributed by atoms with Crippen molar-refractivity contribution in [3.05, 3.63) is 65.2 Å². The number of hydrogen-bond donors (Lipinski definition) is 2. The summed E-state index contributed by atoms with van der Waals surface area (Å²) in [5, 5.41) is 1.09. The SMILES string of the molecule is Cc1ccc2cc(C(NN)c3ccc(C)o3)ccc2n1. The van der Waals surface area contributed by atoms with E-state index in [0.717, 1.165) is 33.7 Å². The standard InChI is InChI=1S/C16H17N3O/c1-10-3-5-12-9-13(6-7-14(12)18-10)16(19-17)15-8-4-11(2)20-15/h3-9,16,19H,17H2,1-2H3. The van der Waals surface area contributed by atoms with E-state index in [9.17, 15) is 0 Å². The number of nitrogens with zero attached hydrogens (tertiary/aromatic N) is 1. The van der Waals surface area contributed by atoms with Crippen molar-refractivity contribution in [2.75, 3.05) is 0 Å². The first-order chi connectivity index (χ1) is 9.67. The van der Waals surface area contributed by atoms with E-state index in [1.165, 1.54) is 0 Å². The second kappa shape index (κ2) is 5.07. The predicted octanol–water partition coefficient (Wildman–Crippen LogP) is 3.00. The Bertz CT molecular complexity index is 748. The molecule has 3 aromatic rings. The highest BCUT2D eigenvalue weighted by Gasteiger charge is 2.16. The van der Waals surface area contributed by atoms with Crippen LogP contribution >= 0.6 is 0 Å². The lowest BCUT2D eigenvalue weighted by Crippen LogP contribution is -2.28. The lowest BCUT2D eigenvalue weighted by Gasteiger charge is -2.14. The number of rotatable bonds is 3. The molecule has 0 saturated heterocycles. The topological polar surface area (TPSA) is 64.1 Å². The van der Waals surface area contributed by atoms with Crippen molar-refractivity contribution in [3.8, 4) is 0 Å². The Morgan fingerprint density at radius 3 is 2.65 bits per heavy atom. The highest BCUT2D eigenvalue weighted by molar-refractivity contribution is 5.79. The number of hydrazine groups is 1. The zero-order chi connectivity index (χ0) is 14.1. The Morgan fingerprint density at radius 1 is 1.10 bits per heavy atom. The molecule has 0 aliphatic carbocycles. The second-order valence-corrected chi connectivity index (χ2v) is 4.95. The van der Waals surface area contributed by atoms with E-state index in [1.807, 2.05) is 44.2 Å². The Morgan fingerprint density at radius 2 is 1.95 bits per heavy atom. The molecule has 1 unspecified atom stereocenters. The molecule has 4 nitrogen and oxygen atoms in total. The van der Waals surface area contributed by atoms with Gasteiger partial charge in [0.15, 0.2) is 0 Å². The molecule has 102 valence electrons. The van der Waals surface area contributed by atoms with Crippen molar-refractivity contribution in [3.63, 3.8) is 0 Å². The van der Waals surface area contributed by atoms with Gasteiger partial charge in [0.05, 0.1) is 5.52 Å². The van der Waals surface area contributed by atoms with E-state index >= 15 is 0 Å². The molecule has 1 atom stereocenters. The van der Waals surface area contributed by atoms with Crippen molar-refractivity contribution in [1.29, 1.82) is 0 Å². The van der Waals surface area contributed by atoms with Gasteiger partial charge in [-0.05, 0) is 49.7 Å². The van der Waals surface area contributed by atoms with Crippen LogP contribution in [0.4, 0.5) is 0 Å². The normalized spacial score (nSPS) is 12.8. The lowest BCUT2D eigenvalue weighted by molar-refractivity contribution is 0.435. The van der Waals surface area contributed by atoms with E-state index in [1.54, 1.807) is 0 Å². The predicted molar refractivity (Wildman–Crippen MR) is 79.1 cm³/mol. The molecular weight excluding hydrogens is 250 g/mol. The van der Waals surface area contributed by atoms with Gasteiger partial charge in [-0.15, -0.1) is 0 Å². The summed E-state index contributed by atoms with van der Waals surface area (Å²) < 4.78 is 5.66. The molecule has 1 aromatic carbocycles. The number of hydrogen-bond acceptors (Lipinski definition) is 4. The van der Waals surface area contributed by atoms with Gasteiger partial charge < -0.3 is 4.42 Å². The summed E-state index contributed by atoms with van der Waals surface area (Å²) in [6.07, 6.45) is 0. The Kier molecular flexibility index (Phi) is 3.26. The van der Waals surface area contributed by atoms with Gasteiger partial charge in [0.2, 0.25) is 0 Å². The highest BCUT2D eigenvalue weighted by Crippen LogP contribution is 2.25. The first-order valence-electron chi connectivity index (χ1n) is 6.57. The summed E-state index contributed by atoms with van der Waals surface area (Å²) in [7, 11) is 0. The third-order valence-corrected chi connectivity index (χ3v) is 3.40. The van der Waals surface area contributed by atoms with Crippen molar-refractivity contribution < 1.29 is 4.42 Å². The minimum absolute atomic E-state index is 0.158. The summed E-state index contributed by atoms with van der Waals surface area (Å²) in [6.45, 7) is 3.91. The summed E-state index contributed by atoms with van der Waals surface area (Å²) in [6, 6.07) is 13.9. The third-order valence-electron chi connectivity index (χ3n) is 3.40. The van der Waals surface area contributed by atoms with Crippen LogP contribution in [-0.4, -0.2) is 4.98 Å². The summed E-state index contributed by atoms with van der Waals surface area (Å²) >= 11 is 0.